The summed E-state index contributed by atoms with van der Waals surface area (Å²) in [6, 6.07) is 20.8. The summed E-state index contributed by atoms with van der Waals surface area (Å²) in [5.74, 6) is 0.224. The van der Waals surface area contributed by atoms with E-state index >= 15 is 0 Å². The number of amides is 1. The van der Waals surface area contributed by atoms with Gasteiger partial charge in [0.2, 0.25) is 5.91 Å². The van der Waals surface area contributed by atoms with Crippen molar-refractivity contribution in [1.82, 2.24) is 14.6 Å². The van der Waals surface area contributed by atoms with Crippen molar-refractivity contribution >= 4 is 39.6 Å². The molecule has 0 spiro atoms. The lowest BCUT2D eigenvalue weighted by Crippen LogP contribution is -2.16. The topological polar surface area (TPSA) is 59.3 Å². The maximum Gasteiger partial charge on any atom is 0.234 e. The predicted octanol–water partition coefficient (Wildman–Crippen LogP) is 6.21. The van der Waals surface area contributed by atoms with Gasteiger partial charge >= 0.3 is 0 Å². The fourth-order valence-electron chi connectivity index (χ4n) is 4.28. The van der Waals surface area contributed by atoms with Crippen LogP contribution in [0, 0.1) is 20.8 Å². The van der Waals surface area contributed by atoms with Gasteiger partial charge in [-0.1, -0.05) is 71.9 Å². The van der Waals surface area contributed by atoms with Crippen molar-refractivity contribution in [1.29, 1.82) is 0 Å². The maximum atomic E-state index is 12.7. The van der Waals surface area contributed by atoms with E-state index in [4.69, 9.17) is 5.10 Å². The summed E-state index contributed by atoms with van der Waals surface area (Å²) in [6.07, 6.45) is 3.56. The molecule has 6 heteroatoms. The Hall–Kier alpha value is -3.64. The number of thioether (sulfide) groups is 1. The van der Waals surface area contributed by atoms with Crippen LogP contribution in [0.15, 0.2) is 78.1 Å². The average Bonchev–Trinajstić information content (AvgIpc) is 3.24. The van der Waals surface area contributed by atoms with Gasteiger partial charge in [-0.15, -0.1) is 0 Å². The number of carbonyl (C=O) groups is 1. The van der Waals surface area contributed by atoms with Gasteiger partial charge in [0.05, 0.1) is 17.0 Å². The zero-order chi connectivity index (χ0) is 22.9. The van der Waals surface area contributed by atoms with Crippen LogP contribution in [-0.4, -0.2) is 26.3 Å². The number of hydrogen-bond donors (Lipinski definition) is 1. The molecule has 1 amide bonds. The van der Waals surface area contributed by atoms with E-state index in [2.05, 4.69) is 59.7 Å². The largest absolute Gasteiger partial charge is 0.325 e. The number of nitrogens with zero attached hydrogens (tertiary/aromatic N) is 3. The van der Waals surface area contributed by atoms with Crippen molar-refractivity contribution in [2.45, 2.75) is 25.8 Å². The second-order valence-electron chi connectivity index (χ2n) is 8.23. The zero-order valence-electron chi connectivity index (χ0n) is 18.8. The van der Waals surface area contributed by atoms with Gasteiger partial charge < -0.3 is 5.32 Å². The summed E-state index contributed by atoms with van der Waals surface area (Å²) in [6.45, 7) is 6.10. The third-order valence-corrected chi connectivity index (χ3v) is 6.70. The molecule has 2 aromatic heterocycles. The van der Waals surface area contributed by atoms with Crippen LogP contribution in [0.2, 0.25) is 0 Å². The number of rotatable bonds is 5. The van der Waals surface area contributed by atoms with E-state index in [-0.39, 0.29) is 11.7 Å². The molecule has 1 N–H and O–H groups in total. The smallest absolute Gasteiger partial charge is 0.234 e. The van der Waals surface area contributed by atoms with Gasteiger partial charge in [0.15, 0.2) is 0 Å². The fourth-order valence-corrected chi connectivity index (χ4v) is 5.05. The van der Waals surface area contributed by atoms with Gasteiger partial charge in [-0.2, -0.15) is 5.10 Å². The summed E-state index contributed by atoms with van der Waals surface area (Å²) in [4.78, 5) is 17.2. The van der Waals surface area contributed by atoms with Crippen molar-refractivity contribution < 1.29 is 4.79 Å². The Labute approximate surface area is 196 Å². The monoisotopic (exact) mass is 452 g/mol. The quantitative estimate of drug-likeness (QED) is 0.322. The van der Waals surface area contributed by atoms with E-state index in [0.29, 0.717) is 0 Å². The first-order valence-corrected chi connectivity index (χ1v) is 11.8. The van der Waals surface area contributed by atoms with Gasteiger partial charge in [-0.3, -0.25) is 4.79 Å². The van der Waals surface area contributed by atoms with Crippen molar-refractivity contribution in [2.24, 2.45) is 0 Å². The SMILES string of the molecule is Cc1cc(C)c(NC(=O)CSc2nccn3nc(-c4cccc5ccccc45)cc23)c(C)c1. The van der Waals surface area contributed by atoms with Crippen molar-refractivity contribution in [3.8, 4) is 11.3 Å². The van der Waals surface area contributed by atoms with Crippen molar-refractivity contribution in [2.75, 3.05) is 11.1 Å². The normalized spacial score (nSPS) is 11.2. The summed E-state index contributed by atoms with van der Waals surface area (Å²) in [7, 11) is 0. The molecular formula is C27H24N4OS. The molecule has 0 radical (unpaired) electrons. The van der Waals surface area contributed by atoms with Gasteiger partial charge in [0.25, 0.3) is 0 Å². The van der Waals surface area contributed by atoms with Crippen LogP contribution in [0.5, 0.6) is 0 Å². The third kappa shape index (κ3) is 4.22. The second kappa shape index (κ2) is 8.71. The predicted molar refractivity (Wildman–Crippen MR) is 136 cm³/mol. The highest BCUT2D eigenvalue weighted by atomic mass is 32.2. The first-order chi connectivity index (χ1) is 16.0. The van der Waals surface area contributed by atoms with Crippen molar-refractivity contribution in [3.05, 3.63) is 89.7 Å². The van der Waals surface area contributed by atoms with Gasteiger partial charge in [-0.25, -0.2) is 9.50 Å². The summed E-state index contributed by atoms with van der Waals surface area (Å²) in [5.41, 5.74) is 7.08. The number of carbonyl (C=O) groups excluding carboxylic acids is 1. The van der Waals surface area contributed by atoms with Crippen LogP contribution >= 0.6 is 11.8 Å². The minimum atomic E-state index is -0.0485. The van der Waals surface area contributed by atoms with E-state index in [9.17, 15) is 4.79 Å². The molecule has 164 valence electrons. The standard InChI is InChI=1S/C27H24N4OS/c1-17-13-18(2)26(19(3)14-17)29-25(32)16-33-27-24-15-23(30-31(24)12-11-28-27)22-10-6-8-20-7-4-5-9-21(20)22/h4-15H,16H2,1-3H3,(H,29,32). The highest BCUT2D eigenvalue weighted by Crippen LogP contribution is 2.31. The molecule has 0 bridgehead atoms. The van der Waals surface area contributed by atoms with E-state index in [1.54, 1.807) is 6.20 Å². The van der Waals surface area contributed by atoms with E-state index in [1.165, 1.54) is 22.7 Å². The van der Waals surface area contributed by atoms with Crippen LogP contribution in [0.3, 0.4) is 0 Å². The van der Waals surface area contributed by atoms with E-state index in [0.717, 1.165) is 44.0 Å². The maximum absolute atomic E-state index is 12.7. The first kappa shape index (κ1) is 21.2. The average molecular weight is 453 g/mol. The Kier molecular flexibility index (Phi) is 5.60. The van der Waals surface area contributed by atoms with Gasteiger partial charge in [-0.05, 0) is 48.7 Å². The Balaban J connectivity index is 1.40. The highest BCUT2D eigenvalue weighted by Gasteiger charge is 2.14. The number of anilines is 1. The number of fused-ring (bicyclic) bond motifs is 2. The first-order valence-electron chi connectivity index (χ1n) is 10.8. The number of aryl methyl sites for hydroxylation is 3. The molecule has 0 aliphatic heterocycles. The van der Waals surface area contributed by atoms with Crippen LogP contribution in [0.4, 0.5) is 5.69 Å². The van der Waals surface area contributed by atoms with E-state index in [1.807, 2.05) is 42.8 Å². The van der Waals surface area contributed by atoms with Crippen LogP contribution < -0.4 is 5.32 Å². The molecule has 5 nitrogen and oxygen atoms in total. The number of nitrogens with one attached hydrogen (secondary N) is 1. The van der Waals surface area contributed by atoms with Crippen LogP contribution in [0.1, 0.15) is 16.7 Å². The Morgan fingerprint density at radius 1 is 1.00 bits per heavy atom. The molecule has 2 heterocycles. The fraction of sp³-hybridized carbons (Fsp3) is 0.148. The number of benzene rings is 3. The molecule has 0 saturated carbocycles. The van der Waals surface area contributed by atoms with E-state index < -0.39 is 0 Å². The zero-order valence-corrected chi connectivity index (χ0v) is 19.6. The molecule has 0 aliphatic rings. The van der Waals surface area contributed by atoms with Crippen molar-refractivity contribution in [3.63, 3.8) is 0 Å². The van der Waals surface area contributed by atoms with Crippen LogP contribution in [0.25, 0.3) is 27.5 Å². The molecule has 0 fully saturated rings. The van der Waals surface area contributed by atoms with Gasteiger partial charge in [0, 0.05) is 23.6 Å². The lowest BCUT2D eigenvalue weighted by Gasteiger charge is -2.12. The molecule has 3 aromatic carbocycles. The Morgan fingerprint density at radius 3 is 2.58 bits per heavy atom. The summed E-state index contributed by atoms with van der Waals surface area (Å²) < 4.78 is 1.83. The summed E-state index contributed by atoms with van der Waals surface area (Å²) in [5, 5.41) is 11.0. The highest BCUT2D eigenvalue weighted by molar-refractivity contribution is 8.00. The lowest BCUT2D eigenvalue weighted by molar-refractivity contribution is -0.113. The minimum Gasteiger partial charge on any atom is -0.325 e. The molecule has 0 saturated heterocycles. The molecule has 33 heavy (non-hydrogen) atoms. The molecular weight excluding hydrogens is 428 g/mol. The minimum absolute atomic E-state index is 0.0485. The third-order valence-electron chi connectivity index (χ3n) is 5.70. The van der Waals surface area contributed by atoms with Crippen LogP contribution in [-0.2, 0) is 4.79 Å². The number of aromatic nitrogens is 3. The summed E-state index contributed by atoms with van der Waals surface area (Å²) >= 11 is 1.42. The number of hydrogen-bond acceptors (Lipinski definition) is 4. The molecule has 0 atom stereocenters. The molecule has 5 aromatic rings. The molecule has 5 rings (SSSR count). The molecule has 0 unspecified atom stereocenters. The van der Waals surface area contributed by atoms with Gasteiger partial charge in [0.1, 0.15) is 5.03 Å². The molecule has 0 aliphatic carbocycles. The Bertz CT molecular complexity index is 1480. The second-order valence-corrected chi connectivity index (χ2v) is 9.19. The lowest BCUT2D eigenvalue weighted by atomic mass is 10.0. The Morgan fingerprint density at radius 2 is 1.76 bits per heavy atom.